The minimum absolute atomic E-state index is 0.160. The number of hydrogen-bond donors (Lipinski definition) is 0. The van der Waals surface area contributed by atoms with Gasteiger partial charge in [-0.05, 0) is 35.9 Å². The van der Waals surface area contributed by atoms with Crippen molar-refractivity contribution in [2.75, 3.05) is 0 Å². The van der Waals surface area contributed by atoms with Gasteiger partial charge in [-0.3, -0.25) is 4.79 Å². The molecule has 0 fully saturated rings. The molecular weight excluding hydrogens is 267 g/mol. The van der Waals surface area contributed by atoms with Gasteiger partial charge in [0, 0.05) is 7.05 Å². The van der Waals surface area contributed by atoms with Crippen molar-refractivity contribution in [1.29, 1.82) is 0 Å². The van der Waals surface area contributed by atoms with E-state index in [1.165, 1.54) is 12.1 Å². The van der Waals surface area contributed by atoms with E-state index in [9.17, 15) is 9.18 Å². The van der Waals surface area contributed by atoms with Gasteiger partial charge in [0.1, 0.15) is 11.5 Å². The molecule has 0 amide bonds. The molecule has 0 aliphatic carbocycles. The number of halogens is 1. The van der Waals surface area contributed by atoms with E-state index < -0.39 is 0 Å². The summed E-state index contributed by atoms with van der Waals surface area (Å²) in [5.41, 5.74) is 2.57. The quantitative estimate of drug-likeness (QED) is 0.722. The lowest BCUT2D eigenvalue weighted by molar-refractivity contribution is 0.628. The van der Waals surface area contributed by atoms with E-state index in [1.807, 2.05) is 24.3 Å². The molecular formula is C17H13FN2O. The molecule has 3 rings (SSSR count). The topological polar surface area (TPSA) is 34.9 Å². The molecule has 3 aromatic rings. The lowest BCUT2D eigenvalue weighted by Gasteiger charge is -2.05. The number of aromatic nitrogens is 2. The fourth-order valence-corrected chi connectivity index (χ4v) is 2.16. The summed E-state index contributed by atoms with van der Waals surface area (Å²) in [6, 6.07) is 13.5. The highest BCUT2D eigenvalue weighted by atomic mass is 19.1. The minimum Gasteiger partial charge on any atom is -0.308 e. The lowest BCUT2D eigenvalue weighted by atomic mass is 10.2. The van der Waals surface area contributed by atoms with Gasteiger partial charge in [-0.25, -0.2) is 9.37 Å². The van der Waals surface area contributed by atoms with Crippen molar-refractivity contribution < 1.29 is 4.39 Å². The Bertz CT molecular complexity index is 879. The molecule has 0 radical (unpaired) electrons. The van der Waals surface area contributed by atoms with Gasteiger partial charge in [0.15, 0.2) is 0 Å². The third-order valence-electron chi connectivity index (χ3n) is 3.31. The second kappa shape index (κ2) is 5.32. The summed E-state index contributed by atoms with van der Waals surface area (Å²) in [6.07, 6.45) is 3.40. The Morgan fingerprint density at radius 1 is 1.05 bits per heavy atom. The molecule has 2 aromatic carbocycles. The molecule has 0 aliphatic heterocycles. The zero-order valence-corrected chi connectivity index (χ0v) is 11.5. The van der Waals surface area contributed by atoms with E-state index in [-0.39, 0.29) is 11.4 Å². The Morgan fingerprint density at radius 2 is 1.76 bits per heavy atom. The predicted octanol–water partition coefficient (Wildman–Crippen LogP) is 3.24. The van der Waals surface area contributed by atoms with Crippen LogP contribution in [0.25, 0.3) is 23.2 Å². The molecule has 0 saturated carbocycles. The van der Waals surface area contributed by atoms with Crippen LogP contribution in [0.15, 0.2) is 53.3 Å². The number of hydrogen-bond acceptors (Lipinski definition) is 2. The first-order valence-corrected chi connectivity index (χ1v) is 6.54. The summed E-state index contributed by atoms with van der Waals surface area (Å²) in [5, 5.41) is 0. The molecule has 0 spiro atoms. The third kappa shape index (κ3) is 2.60. The van der Waals surface area contributed by atoms with Crippen LogP contribution in [0.3, 0.4) is 0 Å². The van der Waals surface area contributed by atoms with Gasteiger partial charge in [0.25, 0.3) is 5.56 Å². The van der Waals surface area contributed by atoms with Crippen molar-refractivity contribution in [3.8, 4) is 0 Å². The Kier molecular flexibility index (Phi) is 3.36. The van der Waals surface area contributed by atoms with Crippen LogP contribution in [-0.4, -0.2) is 9.55 Å². The highest BCUT2D eigenvalue weighted by Crippen LogP contribution is 2.11. The highest BCUT2D eigenvalue weighted by molar-refractivity contribution is 5.77. The summed E-state index contributed by atoms with van der Waals surface area (Å²) in [4.78, 5) is 16.6. The molecule has 3 nitrogen and oxygen atoms in total. The molecule has 1 heterocycles. The maximum Gasteiger partial charge on any atom is 0.276 e. The van der Waals surface area contributed by atoms with Gasteiger partial charge < -0.3 is 4.57 Å². The molecule has 0 atom stereocenters. The molecule has 1 aromatic heterocycles. The Labute approximate surface area is 121 Å². The standard InChI is InChI=1S/C17H13FN2O/c1-20-16-5-3-2-4-14(16)19-15(17(20)21)11-8-12-6-9-13(18)10-7-12/h2-11H,1H3/b11-8+. The molecule has 0 bridgehead atoms. The predicted molar refractivity (Wildman–Crippen MR) is 82.3 cm³/mol. The number of rotatable bonds is 2. The van der Waals surface area contributed by atoms with Gasteiger partial charge in [0.05, 0.1) is 11.0 Å². The van der Waals surface area contributed by atoms with Gasteiger partial charge >= 0.3 is 0 Å². The van der Waals surface area contributed by atoms with Crippen LogP contribution in [0, 0.1) is 5.82 Å². The van der Waals surface area contributed by atoms with Gasteiger partial charge in [-0.2, -0.15) is 0 Å². The fraction of sp³-hybridized carbons (Fsp3) is 0.0588. The monoisotopic (exact) mass is 280 g/mol. The second-order valence-electron chi connectivity index (χ2n) is 4.73. The van der Waals surface area contributed by atoms with E-state index in [0.29, 0.717) is 5.69 Å². The number of benzene rings is 2. The summed E-state index contributed by atoms with van der Waals surface area (Å²) in [5.74, 6) is -0.285. The number of nitrogens with zero attached hydrogens (tertiary/aromatic N) is 2. The minimum atomic E-state index is -0.285. The van der Waals surface area contributed by atoms with Crippen LogP contribution in [0.1, 0.15) is 11.3 Å². The van der Waals surface area contributed by atoms with Crippen molar-refractivity contribution in [1.82, 2.24) is 9.55 Å². The molecule has 0 aliphatic rings. The smallest absolute Gasteiger partial charge is 0.276 e. The van der Waals surface area contributed by atoms with Crippen molar-refractivity contribution in [3.05, 3.63) is 76.0 Å². The zero-order valence-electron chi connectivity index (χ0n) is 11.5. The molecule has 0 N–H and O–H groups in total. The fourth-order valence-electron chi connectivity index (χ4n) is 2.16. The van der Waals surface area contributed by atoms with E-state index in [4.69, 9.17) is 0 Å². The normalized spacial score (nSPS) is 11.3. The SMILES string of the molecule is Cn1c(=O)c(/C=C/c2ccc(F)cc2)nc2ccccc21. The average molecular weight is 280 g/mol. The van der Waals surface area contributed by atoms with Crippen LogP contribution >= 0.6 is 0 Å². The summed E-state index contributed by atoms with van der Waals surface area (Å²) in [6.45, 7) is 0. The van der Waals surface area contributed by atoms with E-state index in [0.717, 1.165) is 16.6 Å². The van der Waals surface area contributed by atoms with Crippen molar-refractivity contribution in [2.45, 2.75) is 0 Å². The lowest BCUT2D eigenvalue weighted by Crippen LogP contribution is -2.21. The van der Waals surface area contributed by atoms with Crippen molar-refractivity contribution in [2.24, 2.45) is 7.05 Å². The Balaban J connectivity index is 2.06. The molecule has 0 saturated heterocycles. The first-order valence-electron chi connectivity index (χ1n) is 6.54. The van der Waals surface area contributed by atoms with E-state index in [2.05, 4.69) is 4.98 Å². The first-order chi connectivity index (χ1) is 10.1. The molecule has 0 unspecified atom stereocenters. The molecule has 21 heavy (non-hydrogen) atoms. The van der Waals surface area contributed by atoms with E-state index >= 15 is 0 Å². The van der Waals surface area contributed by atoms with Crippen LogP contribution in [0.5, 0.6) is 0 Å². The summed E-state index contributed by atoms with van der Waals surface area (Å²) in [7, 11) is 1.72. The second-order valence-corrected chi connectivity index (χ2v) is 4.73. The van der Waals surface area contributed by atoms with Gasteiger partial charge in [0.2, 0.25) is 0 Å². The largest absolute Gasteiger partial charge is 0.308 e. The van der Waals surface area contributed by atoms with Crippen LogP contribution in [0.2, 0.25) is 0 Å². The molecule has 104 valence electrons. The maximum absolute atomic E-state index is 12.9. The van der Waals surface area contributed by atoms with E-state index in [1.54, 1.807) is 35.9 Å². The van der Waals surface area contributed by atoms with Gasteiger partial charge in [-0.15, -0.1) is 0 Å². The number of para-hydroxylation sites is 2. The summed E-state index contributed by atoms with van der Waals surface area (Å²) < 4.78 is 14.4. The van der Waals surface area contributed by atoms with Crippen LogP contribution in [0.4, 0.5) is 4.39 Å². The third-order valence-corrected chi connectivity index (χ3v) is 3.31. The van der Waals surface area contributed by atoms with Crippen LogP contribution in [-0.2, 0) is 7.05 Å². The first kappa shape index (κ1) is 13.2. The number of aryl methyl sites for hydroxylation is 1. The summed E-state index contributed by atoms with van der Waals surface area (Å²) >= 11 is 0. The Hall–Kier alpha value is -2.75. The number of fused-ring (bicyclic) bond motifs is 1. The average Bonchev–Trinajstić information content (AvgIpc) is 2.51. The van der Waals surface area contributed by atoms with Crippen molar-refractivity contribution in [3.63, 3.8) is 0 Å². The zero-order chi connectivity index (χ0) is 14.8. The van der Waals surface area contributed by atoms with Crippen molar-refractivity contribution >= 4 is 23.2 Å². The molecule has 4 heteroatoms. The highest BCUT2D eigenvalue weighted by Gasteiger charge is 2.05. The maximum atomic E-state index is 12.9. The Morgan fingerprint density at radius 3 is 2.52 bits per heavy atom. The van der Waals surface area contributed by atoms with Crippen LogP contribution < -0.4 is 5.56 Å². The van der Waals surface area contributed by atoms with Gasteiger partial charge in [-0.1, -0.05) is 30.3 Å².